The summed E-state index contributed by atoms with van der Waals surface area (Å²) in [6.07, 6.45) is 0. The minimum atomic E-state index is -0.870. The van der Waals surface area contributed by atoms with Crippen molar-refractivity contribution in [3.05, 3.63) is 38.8 Å². The number of carbonyl (C=O) groups is 1. The van der Waals surface area contributed by atoms with Crippen LogP contribution in [0.25, 0.3) is 0 Å². The van der Waals surface area contributed by atoms with E-state index in [1.165, 1.54) is 16.9 Å². The number of aryl methyl sites for hydroxylation is 1. The van der Waals surface area contributed by atoms with Crippen LogP contribution < -0.4 is 0 Å². The molecule has 0 saturated heterocycles. The molecule has 0 aliphatic rings. The predicted octanol–water partition coefficient (Wildman–Crippen LogP) is 2.62. The zero-order valence-corrected chi connectivity index (χ0v) is 10.8. The smallest absolute Gasteiger partial charge is 0.345 e. The van der Waals surface area contributed by atoms with Gasteiger partial charge in [0.1, 0.15) is 4.88 Å². The highest BCUT2D eigenvalue weighted by molar-refractivity contribution is 7.13. The Morgan fingerprint density at radius 3 is 2.59 bits per heavy atom. The van der Waals surface area contributed by atoms with Crippen LogP contribution in [0, 0.1) is 20.8 Å². The zero-order valence-electron chi connectivity index (χ0n) is 10.0. The second-order valence-electron chi connectivity index (χ2n) is 4.02. The first-order valence-electron chi connectivity index (χ1n) is 5.31. The van der Waals surface area contributed by atoms with Gasteiger partial charge in [0.25, 0.3) is 0 Å². The number of thiophene rings is 1. The lowest BCUT2D eigenvalue weighted by Crippen LogP contribution is -2.02. The molecule has 0 aliphatic carbocycles. The molecule has 0 amide bonds. The summed E-state index contributed by atoms with van der Waals surface area (Å²) in [5.74, 6) is -0.870. The average molecular weight is 250 g/mol. The van der Waals surface area contributed by atoms with Crippen LogP contribution in [0.5, 0.6) is 0 Å². The molecular formula is C12H14N2O2S. The lowest BCUT2D eigenvalue weighted by molar-refractivity contribution is 0.0702. The molecule has 0 aliphatic heterocycles. The van der Waals surface area contributed by atoms with E-state index in [9.17, 15) is 4.79 Å². The molecule has 0 unspecified atom stereocenters. The number of rotatable bonds is 3. The number of hydrogen-bond donors (Lipinski definition) is 1. The third kappa shape index (κ3) is 2.24. The van der Waals surface area contributed by atoms with E-state index in [1.54, 1.807) is 6.07 Å². The normalized spacial score (nSPS) is 10.8. The summed E-state index contributed by atoms with van der Waals surface area (Å²) in [4.78, 5) is 12.2. The van der Waals surface area contributed by atoms with Crippen LogP contribution in [0.1, 0.15) is 31.5 Å². The highest BCUT2D eigenvalue weighted by Crippen LogP contribution is 2.19. The molecule has 90 valence electrons. The van der Waals surface area contributed by atoms with Crippen LogP contribution in [0.3, 0.4) is 0 Å². The Morgan fingerprint density at radius 2 is 2.12 bits per heavy atom. The number of carboxylic acids is 1. The maximum atomic E-state index is 10.8. The van der Waals surface area contributed by atoms with Crippen LogP contribution in [-0.2, 0) is 6.54 Å². The summed E-state index contributed by atoms with van der Waals surface area (Å²) >= 11 is 1.30. The van der Waals surface area contributed by atoms with E-state index < -0.39 is 5.97 Å². The third-order valence-electron chi connectivity index (χ3n) is 2.92. The Bertz CT molecular complexity index is 569. The van der Waals surface area contributed by atoms with Crippen molar-refractivity contribution in [3.63, 3.8) is 0 Å². The van der Waals surface area contributed by atoms with Crippen LogP contribution in [0.2, 0.25) is 0 Å². The van der Waals surface area contributed by atoms with Crippen molar-refractivity contribution in [1.29, 1.82) is 0 Å². The third-order valence-corrected chi connectivity index (χ3v) is 3.98. The second-order valence-corrected chi connectivity index (χ2v) is 5.19. The van der Waals surface area contributed by atoms with Gasteiger partial charge in [0.05, 0.1) is 12.2 Å². The molecule has 1 N–H and O–H groups in total. The number of nitrogens with zero attached hydrogens (tertiary/aromatic N) is 2. The number of hydrogen-bond acceptors (Lipinski definition) is 3. The van der Waals surface area contributed by atoms with E-state index in [-0.39, 0.29) is 0 Å². The van der Waals surface area contributed by atoms with Crippen LogP contribution in [0.4, 0.5) is 0 Å². The largest absolute Gasteiger partial charge is 0.477 e. The number of aromatic nitrogens is 2. The molecule has 2 rings (SSSR count). The standard InChI is InChI=1S/C12H14N2O2S/c1-7-8(2)13-14(9(7)3)6-10-4-5-11(17-10)12(15)16/h4-5H,6H2,1-3H3,(H,15,16). The molecule has 0 radical (unpaired) electrons. The van der Waals surface area contributed by atoms with Gasteiger partial charge in [0, 0.05) is 10.6 Å². The first kappa shape index (κ1) is 11.9. The monoisotopic (exact) mass is 250 g/mol. The maximum Gasteiger partial charge on any atom is 0.345 e. The fourth-order valence-corrected chi connectivity index (χ4v) is 2.49. The van der Waals surface area contributed by atoms with Gasteiger partial charge >= 0.3 is 5.97 Å². The van der Waals surface area contributed by atoms with Crippen molar-refractivity contribution < 1.29 is 9.90 Å². The minimum Gasteiger partial charge on any atom is -0.477 e. The molecule has 0 atom stereocenters. The maximum absolute atomic E-state index is 10.8. The highest BCUT2D eigenvalue weighted by atomic mass is 32.1. The molecule has 2 aromatic rings. The quantitative estimate of drug-likeness (QED) is 0.911. The van der Waals surface area contributed by atoms with Crippen LogP contribution in [0.15, 0.2) is 12.1 Å². The zero-order chi connectivity index (χ0) is 12.6. The number of aromatic carboxylic acids is 1. The van der Waals surface area contributed by atoms with Gasteiger partial charge in [-0.05, 0) is 38.5 Å². The molecule has 2 heterocycles. The Kier molecular flexibility index (Phi) is 3.02. The van der Waals surface area contributed by atoms with Crippen molar-refractivity contribution >= 4 is 17.3 Å². The molecule has 0 aromatic carbocycles. The Balaban J connectivity index is 2.25. The van der Waals surface area contributed by atoms with Gasteiger partial charge < -0.3 is 5.11 Å². The molecule has 17 heavy (non-hydrogen) atoms. The summed E-state index contributed by atoms with van der Waals surface area (Å²) in [5.41, 5.74) is 3.35. The van der Waals surface area contributed by atoms with E-state index in [2.05, 4.69) is 5.10 Å². The first-order valence-corrected chi connectivity index (χ1v) is 6.13. The molecule has 0 spiro atoms. The summed E-state index contributed by atoms with van der Waals surface area (Å²) in [6.45, 7) is 6.70. The van der Waals surface area contributed by atoms with E-state index in [4.69, 9.17) is 5.11 Å². The van der Waals surface area contributed by atoms with Gasteiger partial charge in [-0.3, -0.25) is 4.68 Å². The molecule has 2 aromatic heterocycles. The SMILES string of the molecule is Cc1nn(Cc2ccc(C(=O)O)s2)c(C)c1C. The Hall–Kier alpha value is -1.62. The van der Waals surface area contributed by atoms with Crippen LogP contribution in [-0.4, -0.2) is 20.9 Å². The number of carboxylic acid groups (broad SMARTS) is 1. The summed E-state index contributed by atoms with van der Waals surface area (Å²) in [5, 5.41) is 13.3. The fraction of sp³-hybridized carbons (Fsp3) is 0.333. The van der Waals surface area contributed by atoms with Gasteiger partial charge in [-0.1, -0.05) is 0 Å². The van der Waals surface area contributed by atoms with Crippen molar-refractivity contribution in [3.8, 4) is 0 Å². The summed E-state index contributed by atoms with van der Waals surface area (Å²) in [6, 6.07) is 3.49. The molecule has 0 fully saturated rings. The molecule has 0 bridgehead atoms. The van der Waals surface area contributed by atoms with Gasteiger partial charge in [-0.2, -0.15) is 5.10 Å². The first-order chi connectivity index (χ1) is 7.99. The minimum absolute atomic E-state index is 0.373. The van der Waals surface area contributed by atoms with Gasteiger partial charge in [-0.25, -0.2) is 4.79 Å². The predicted molar refractivity (Wildman–Crippen MR) is 66.8 cm³/mol. The topological polar surface area (TPSA) is 55.1 Å². The lowest BCUT2D eigenvalue weighted by Gasteiger charge is -2.01. The van der Waals surface area contributed by atoms with E-state index >= 15 is 0 Å². The van der Waals surface area contributed by atoms with Crippen molar-refractivity contribution in [2.75, 3.05) is 0 Å². The van der Waals surface area contributed by atoms with Gasteiger partial charge in [0.2, 0.25) is 0 Å². The fourth-order valence-electron chi connectivity index (χ4n) is 1.67. The lowest BCUT2D eigenvalue weighted by atomic mass is 10.2. The van der Waals surface area contributed by atoms with Crippen LogP contribution >= 0.6 is 11.3 Å². The Morgan fingerprint density at radius 1 is 1.41 bits per heavy atom. The van der Waals surface area contributed by atoms with Crippen molar-refractivity contribution in [1.82, 2.24) is 9.78 Å². The highest BCUT2D eigenvalue weighted by Gasteiger charge is 2.10. The second kappa shape index (κ2) is 4.33. The average Bonchev–Trinajstić information content (AvgIpc) is 2.82. The van der Waals surface area contributed by atoms with Gasteiger partial charge in [0.15, 0.2) is 0 Å². The van der Waals surface area contributed by atoms with Crippen molar-refractivity contribution in [2.24, 2.45) is 0 Å². The Labute approximate surface area is 104 Å². The summed E-state index contributed by atoms with van der Waals surface area (Å²) < 4.78 is 1.92. The molecule has 4 nitrogen and oxygen atoms in total. The molecule has 5 heteroatoms. The van der Waals surface area contributed by atoms with E-state index in [1.807, 2.05) is 31.5 Å². The summed E-state index contributed by atoms with van der Waals surface area (Å²) in [7, 11) is 0. The van der Waals surface area contributed by atoms with Crippen molar-refractivity contribution in [2.45, 2.75) is 27.3 Å². The molecule has 0 saturated carbocycles. The van der Waals surface area contributed by atoms with E-state index in [0.717, 1.165) is 16.3 Å². The molecular weight excluding hydrogens is 236 g/mol. The van der Waals surface area contributed by atoms with Gasteiger partial charge in [-0.15, -0.1) is 11.3 Å². The van der Waals surface area contributed by atoms with E-state index in [0.29, 0.717) is 11.4 Å².